The molecule has 0 N–H and O–H groups in total. The zero-order valence-electron chi connectivity index (χ0n) is 12.8. The van der Waals surface area contributed by atoms with Gasteiger partial charge in [-0.05, 0) is 36.4 Å². The van der Waals surface area contributed by atoms with Crippen LogP contribution in [-0.2, 0) is 6.61 Å². The molecule has 4 aromatic rings. The van der Waals surface area contributed by atoms with Crippen LogP contribution in [0.1, 0.15) is 5.82 Å². The number of hydrogen-bond donors (Lipinski definition) is 0. The molecule has 0 saturated heterocycles. The van der Waals surface area contributed by atoms with Crippen LogP contribution in [0.2, 0.25) is 0 Å². The van der Waals surface area contributed by atoms with Gasteiger partial charge in [0.1, 0.15) is 23.8 Å². The highest BCUT2D eigenvalue weighted by Gasteiger charge is 2.14. The lowest BCUT2D eigenvalue weighted by Gasteiger charge is -2.05. The summed E-state index contributed by atoms with van der Waals surface area (Å²) in [5.41, 5.74) is 0.815. The van der Waals surface area contributed by atoms with Crippen LogP contribution in [0.15, 0.2) is 48.7 Å². The van der Waals surface area contributed by atoms with Crippen LogP contribution in [0.4, 0.5) is 0 Å². The van der Waals surface area contributed by atoms with E-state index in [0.717, 1.165) is 22.2 Å². The maximum absolute atomic E-state index is 5.74. The Balaban J connectivity index is 1.55. The van der Waals surface area contributed by atoms with Crippen LogP contribution in [0.3, 0.4) is 0 Å². The van der Waals surface area contributed by atoms with E-state index in [4.69, 9.17) is 9.47 Å². The molecule has 0 radical (unpaired) electrons. The van der Waals surface area contributed by atoms with Gasteiger partial charge in [-0.25, -0.2) is 0 Å². The second-order valence-corrected chi connectivity index (χ2v) is 5.85. The minimum atomic E-state index is 0.277. The van der Waals surface area contributed by atoms with E-state index in [1.165, 1.54) is 11.3 Å². The summed E-state index contributed by atoms with van der Waals surface area (Å²) in [6.07, 6.45) is 1.74. The molecule has 0 atom stereocenters. The summed E-state index contributed by atoms with van der Waals surface area (Å²) in [5.74, 6) is 2.15. The van der Waals surface area contributed by atoms with Crippen LogP contribution < -0.4 is 9.47 Å². The van der Waals surface area contributed by atoms with Crippen LogP contribution in [0.5, 0.6) is 11.5 Å². The number of benzene rings is 1. The lowest BCUT2D eigenvalue weighted by atomic mass is 10.3. The van der Waals surface area contributed by atoms with E-state index in [1.54, 1.807) is 17.8 Å². The number of methoxy groups -OCH3 is 1. The van der Waals surface area contributed by atoms with Crippen LogP contribution >= 0.6 is 11.3 Å². The molecule has 0 spiro atoms. The summed E-state index contributed by atoms with van der Waals surface area (Å²) >= 11 is 1.44. The van der Waals surface area contributed by atoms with Crippen molar-refractivity contribution in [3.63, 3.8) is 0 Å². The molecule has 0 unspecified atom stereocenters. The van der Waals surface area contributed by atoms with Crippen molar-refractivity contribution < 1.29 is 9.47 Å². The van der Waals surface area contributed by atoms with Crippen molar-refractivity contribution in [2.24, 2.45) is 0 Å². The maximum atomic E-state index is 5.74. The number of aromatic nitrogens is 5. The van der Waals surface area contributed by atoms with Crippen molar-refractivity contribution in [2.75, 3.05) is 7.11 Å². The zero-order valence-corrected chi connectivity index (χ0v) is 13.6. The van der Waals surface area contributed by atoms with E-state index in [1.807, 2.05) is 42.5 Å². The van der Waals surface area contributed by atoms with E-state index in [9.17, 15) is 0 Å². The van der Waals surface area contributed by atoms with Gasteiger partial charge in [-0.1, -0.05) is 17.4 Å². The lowest BCUT2D eigenvalue weighted by Crippen LogP contribution is -2.02. The SMILES string of the molecule is COc1ccc(OCc2nnc3sc(-c4ccccn4)nn23)cc1. The van der Waals surface area contributed by atoms with Gasteiger partial charge in [0.2, 0.25) is 4.96 Å². The fourth-order valence-electron chi connectivity index (χ4n) is 2.16. The third-order valence-corrected chi connectivity index (χ3v) is 4.29. The fraction of sp³-hybridized carbons (Fsp3) is 0.125. The Morgan fingerprint density at radius 3 is 2.62 bits per heavy atom. The topological polar surface area (TPSA) is 74.4 Å². The largest absolute Gasteiger partial charge is 0.497 e. The first kappa shape index (κ1) is 14.6. The van der Waals surface area contributed by atoms with E-state index >= 15 is 0 Å². The smallest absolute Gasteiger partial charge is 0.235 e. The van der Waals surface area contributed by atoms with Crippen LogP contribution in [-0.4, -0.2) is 31.9 Å². The van der Waals surface area contributed by atoms with E-state index in [2.05, 4.69) is 20.3 Å². The third-order valence-electron chi connectivity index (χ3n) is 3.37. The Bertz CT molecular complexity index is 950. The molecule has 24 heavy (non-hydrogen) atoms. The Morgan fingerprint density at radius 2 is 1.88 bits per heavy atom. The third kappa shape index (κ3) is 2.79. The van der Waals surface area contributed by atoms with Gasteiger partial charge >= 0.3 is 0 Å². The molecule has 120 valence electrons. The van der Waals surface area contributed by atoms with Crippen molar-refractivity contribution in [3.05, 3.63) is 54.5 Å². The van der Waals surface area contributed by atoms with Gasteiger partial charge in [0.15, 0.2) is 10.8 Å². The van der Waals surface area contributed by atoms with Crippen molar-refractivity contribution >= 4 is 16.3 Å². The van der Waals surface area contributed by atoms with E-state index in [-0.39, 0.29) is 6.61 Å². The number of ether oxygens (including phenoxy) is 2. The van der Waals surface area contributed by atoms with Crippen LogP contribution in [0.25, 0.3) is 15.7 Å². The first-order chi connectivity index (χ1) is 11.8. The number of pyridine rings is 1. The molecular formula is C16H13N5O2S. The maximum Gasteiger partial charge on any atom is 0.235 e. The van der Waals surface area contributed by atoms with Gasteiger partial charge < -0.3 is 9.47 Å². The number of rotatable bonds is 5. The molecular weight excluding hydrogens is 326 g/mol. The summed E-state index contributed by atoms with van der Waals surface area (Å²) in [4.78, 5) is 5.02. The van der Waals surface area contributed by atoms with E-state index < -0.39 is 0 Å². The molecule has 7 nitrogen and oxygen atoms in total. The standard InChI is InChI=1S/C16H13N5O2S/c1-22-11-5-7-12(8-6-11)23-10-14-18-19-16-21(14)20-15(24-16)13-4-2-3-9-17-13/h2-9H,10H2,1H3. The van der Waals surface area contributed by atoms with Crippen molar-refractivity contribution in [2.45, 2.75) is 6.61 Å². The summed E-state index contributed by atoms with van der Waals surface area (Å²) in [6.45, 7) is 0.277. The van der Waals surface area contributed by atoms with Crippen molar-refractivity contribution in [3.8, 4) is 22.2 Å². The number of nitrogens with zero attached hydrogens (tertiary/aromatic N) is 5. The Kier molecular flexibility index (Phi) is 3.80. The second kappa shape index (κ2) is 6.25. The summed E-state index contributed by atoms with van der Waals surface area (Å²) < 4.78 is 12.6. The predicted molar refractivity (Wildman–Crippen MR) is 89.2 cm³/mol. The Labute approximate surface area is 141 Å². The van der Waals surface area contributed by atoms with Gasteiger partial charge in [0.05, 0.1) is 7.11 Å². The normalized spacial score (nSPS) is 10.9. The minimum absolute atomic E-state index is 0.277. The fourth-order valence-corrected chi connectivity index (χ4v) is 3.00. The van der Waals surface area contributed by atoms with Crippen molar-refractivity contribution in [1.82, 2.24) is 24.8 Å². The minimum Gasteiger partial charge on any atom is -0.497 e. The number of fused-ring (bicyclic) bond motifs is 1. The second-order valence-electron chi connectivity index (χ2n) is 4.90. The van der Waals surface area contributed by atoms with Gasteiger partial charge in [-0.15, -0.1) is 10.2 Å². The average Bonchev–Trinajstić information content (AvgIpc) is 3.22. The van der Waals surface area contributed by atoms with Crippen molar-refractivity contribution in [1.29, 1.82) is 0 Å². The molecule has 4 rings (SSSR count). The van der Waals surface area contributed by atoms with Crippen LogP contribution in [0, 0.1) is 0 Å². The molecule has 3 aromatic heterocycles. The highest BCUT2D eigenvalue weighted by Crippen LogP contribution is 2.24. The Morgan fingerprint density at radius 1 is 1.04 bits per heavy atom. The molecule has 0 aliphatic heterocycles. The summed E-state index contributed by atoms with van der Waals surface area (Å²) in [5, 5.41) is 13.6. The molecule has 0 amide bonds. The highest BCUT2D eigenvalue weighted by molar-refractivity contribution is 7.19. The van der Waals surface area contributed by atoms with Gasteiger partial charge in [-0.2, -0.15) is 9.61 Å². The molecule has 8 heteroatoms. The quantitative estimate of drug-likeness (QED) is 0.557. The molecule has 1 aromatic carbocycles. The molecule has 3 heterocycles. The molecule has 0 aliphatic rings. The van der Waals surface area contributed by atoms with Gasteiger partial charge in [-0.3, -0.25) is 4.98 Å². The molecule has 0 aliphatic carbocycles. The van der Waals surface area contributed by atoms with E-state index in [0.29, 0.717) is 10.8 Å². The number of hydrogen-bond acceptors (Lipinski definition) is 7. The molecule has 0 fully saturated rings. The molecule has 0 bridgehead atoms. The van der Waals surface area contributed by atoms with Gasteiger partial charge in [0.25, 0.3) is 0 Å². The summed E-state index contributed by atoms with van der Waals surface area (Å²) in [7, 11) is 1.63. The first-order valence-electron chi connectivity index (χ1n) is 7.23. The van der Waals surface area contributed by atoms with Gasteiger partial charge in [0, 0.05) is 6.20 Å². The highest BCUT2D eigenvalue weighted by atomic mass is 32.1. The average molecular weight is 339 g/mol. The summed E-state index contributed by atoms with van der Waals surface area (Å²) in [6, 6.07) is 13.1. The molecule has 0 saturated carbocycles. The zero-order chi connectivity index (χ0) is 16.4. The Hall–Kier alpha value is -3.00. The monoisotopic (exact) mass is 339 g/mol. The predicted octanol–water partition coefficient (Wildman–Crippen LogP) is 2.84. The lowest BCUT2D eigenvalue weighted by molar-refractivity contribution is 0.292. The first-order valence-corrected chi connectivity index (χ1v) is 8.04.